The highest BCUT2D eigenvalue weighted by molar-refractivity contribution is 7.26. The molecule has 3 heterocycles. The first kappa shape index (κ1) is 32.1. The van der Waals surface area contributed by atoms with Gasteiger partial charge in [-0.25, -0.2) is 9.97 Å². The van der Waals surface area contributed by atoms with Crippen molar-refractivity contribution in [2.24, 2.45) is 0 Å². The fraction of sp³-hybridized carbons (Fsp3) is 0.0189. The van der Waals surface area contributed by atoms with Crippen LogP contribution < -0.4 is 0 Å². The molecule has 3 nitrogen and oxygen atoms in total. The number of rotatable bonds is 4. The Balaban J connectivity index is 1.27. The van der Waals surface area contributed by atoms with Gasteiger partial charge in [0.1, 0.15) is 21.5 Å². The number of thiophene rings is 1. The summed E-state index contributed by atoms with van der Waals surface area (Å²) >= 11 is 1.72. The Hall–Kier alpha value is -7.14. The molecular formula is C53H32N2OS. The van der Waals surface area contributed by atoms with Gasteiger partial charge in [-0.05, 0) is 61.8 Å². The summed E-state index contributed by atoms with van der Waals surface area (Å²) in [7, 11) is 0. The van der Waals surface area contributed by atoms with Crippen molar-refractivity contribution in [3.63, 3.8) is 0 Å². The Morgan fingerprint density at radius 2 is 1.16 bits per heavy atom. The molecule has 12 aromatic rings. The quantitative estimate of drug-likeness (QED) is 0.168. The number of fused-ring (bicyclic) bond motifs is 15. The van der Waals surface area contributed by atoms with Crippen LogP contribution >= 0.6 is 11.3 Å². The summed E-state index contributed by atoms with van der Waals surface area (Å²) < 4.78 is 8.33. The highest BCUT2D eigenvalue weighted by atomic mass is 32.1. The summed E-state index contributed by atoms with van der Waals surface area (Å²) in [5.74, 6) is 0. The normalized spacial score (nSPS) is 12.0. The van der Waals surface area contributed by atoms with Crippen LogP contribution in [0.5, 0.6) is 0 Å². The zero-order chi connectivity index (χ0) is 37.8. The maximum Gasteiger partial charge on any atom is 0.144 e. The standard InChI is InChI=1S/C53H32N2OS/c1-30-16-6-8-20-34(30)44-39-25-13-14-26-40(39)46-45-35-21-9-7-17-32(35)28-29-42(45)56-51(46)43(44)31(2)48-49(33-18-4-3-5-19-33)55-53-50(54-48)47-38-24-12-10-22-36(38)37-23-11-15-27-41(37)52(47)57-53/h3-29H,2H2,1H3. The van der Waals surface area contributed by atoms with Crippen LogP contribution in [-0.2, 0) is 0 Å². The molecule has 0 saturated heterocycles. The number of benzene rings is 9. The van der Waals surface area contributed by atoms with Crippen LogP contribution in [0.15, 0.2) is 175 Å². The molecule has 0 atom stereocenters. The first-order chi connectivity index (χ1) is 28.1. The van der Waals surface area contributed by atoms with Crippen molar-refractivity contribution in [3.8, 4) is 22.4 Å². The fourth-order valence-corrected chi connectivity index (χ4v) is 10.4. The molecule has 0 radical (unpaired) electrons. The van der Waals surface area contributed by atoms with Gasteiger partial charge in [0.15, 0.2) is 0 Å². The molecule has 57 heavy (non-hydrogen) atoms. The van der Waals surface area contributed by atoms with Crippen molar-refractivity contribution >= 4 is 102 Å². The lowest BCUT2D eigenvalue weighted by Crippen LogP contribution is -2.01. The zero-order valence-corrected chi connectivity index (χ0v) is 31.8. The molecule has 0 N–H and O–H groups in total. The van der Waals surface area contributed by atoms with Gasteiger partial charge < -0.3 is 4.42 Å². The van der Waals surface area contributed by atoms with Gasteiger partial charge in [-0.3, -0.25) is 0 Å². The lowest BCUT2D eigenvalue weighted by molar-refractivity contribution is 0.668. The molecule has 0 amide bonds. The topological polar surface area (TPSA) is 38.9 Å². The van der Waals surface area contributed by atoms with Gasteiger partial charge in [0, 0.05) is 48.5 Å². The Labute approximate surface area is 331 Å². The van der Waals surface area contributed by atoms with Gasteiger partial charge in [-0.15, -0.1) is 11.3 Å². The van der Waals surface area contributed by atoms with Crippen LogP contribution in [0.4, 0.5) is 0 Å². The maximum absolute atomic E-state index is 7.13. The summed E-state index contributed by atoms with van der Waals surface area (Å²) in [5.41, 5.74) is 10.1. The van der Waals surface area contributed by atoms with Crippen molar-refractivity contribution < 1.29 is 4.42 Å². The molecular weight excluding hydrogens is 713 g/mol. The smallest absolute Gasteiger partial charge is 0.144 e. The van der Waals surface area contributed by atoms with E-state index < -0.39 is 0 Å². The zero-order valence-electron chi connectivity index (χ0n) is 31.0. The third-order valence-corrected chi connectivity index (χ3v) is 12.9. The molecule has 9 aromatic carbocycles. The van der Waals surface area contributed by atoms with E-state index >= 15 is 0 Å². The lowest BCUT2D eigenvalue weighted by atomic mass is 9.84. The van der Waals surface area contributed by atoms with Gasteiger partial charge in [-0.1, -0.05) is 164 Å². The van der Waals surface area contributed by atoms with Crippen LogP contribution in [-0.4, -0.2) is 9.97 Å². The molecule has 3 aromatic heterocycles. The second kappa shape index (κ2) is 12.2. The van der Waals surface area contributed by atoms with Crippen molar-refractivity contribution in [3.05, 3.63) is 187 Å². The minimum Gasteiger partial charge on any atom is -0.455 e. The number of aromatic nitrogens is 2. The first-order valence-electron chi connectivity index (χ1n) is 19.3. The molecule has 266 valence electrons. The van der Waals surface area contributed by atoms with E-state index in [1.54, 1.807) is 11.3 Å². The monoisotopic (exact) mass is 744 g/mol. The van der Waals surface area contributed by atoms with E-state index in [1.165, 1.54) is 37.2 Å². The van der Waals surface area contributed by atoms with E-state index in [1.807, 2.05) is 6.07 Å². The number of hydrogen-bond donors (Lipinski definition) is 0. The maximum atomic E-state index is 7.13. The van der Waals surface area contributed by atoms with Crippen molar-refractivity contribution in [2.75, 3.05) is 0 Å². The number of hydrogen-bond acceptors (Lipinski definition) is 4. The summed E-state index contributed by atoms with van der Waals surface area (Å²) in [6, 6.07) is 58.0. The summed E-state index contributed by atoms with van der Waals surface area (Å²) in [6.45, 7) is 7.19. The average Bonchev–Trinajstić information content (AvgIpc) is 3.86. The Morgan fingerprint density at radius 3 is 1.93 bits per heavy atom. The van der Waals surface area contributed by atoms with Gasteiger partial charge in [0.05, 0.1) is 11.4 Å². The van der Waals surface area contributed by atoms with Crippen LogP contribution in [0.2, 0.25) is 0 Å². The second-order valence-corrected chi connectivity index (χ2v) is 15.9. The predicted molar refractivity (Wildman–Crippen MR) is 242 cm³/mol. The van der Waals surface area contributed by atoms with Crippen LogP contribution in [0.25, 0.3) is 113 Å². The number of aryl methyl sites for hydroxylation is 1. The average molecular weight is 745 g/mol. The largest absolute Gasteiger partial charge is 0.455 e. The molecule has 0 aliphatic carbocycles. The minimum absolute atomic E-state index is 0.738. The molecule has 0 aliphatic heterocycles. The van der Waals surface area contributed by atoms with E-state index in [0.29, 0.717) is 0 Å². The van der Waals surface area contributed by atoms with Crippen molar-refractivity contribution in [2.45, 2.75) is 6.92 Å². The Bertz CT molecular complexity index is 3670. The molecule has 12 rings (SSSR count). The van der Waals surface area contributed by atoms with Crippen molar-refractivity contribution in [1.29, 1.82) is 0 Å². The van der Waals surface area contributed by atoms with Crippen LogP contribution in [0, 0.1) is 6.92 Å². The predicted octanol–water partition coefficient (Wildman–Crippen LogP) is 15.1. The second-order valence-electron chi connectivity index (χ2n) is 14.9. The van der Waals surface area contributed by atoms with Gasteiger partial charge in [0.2, 0.25) is 0 Å². The molecule has 0 spiro atoms. The summed E-state index contributed by atoms with van der Waals surface area (Å²) in [4.78, 5) is 12.2. The molecule has 0 unspecified atom stereocenters. The molecule has 4 heteroatoms. The molecule has 0 saturated carbocycles. The lowest BCUT2D eigenvalue weighted by Gasteiger charge is -2.19. The SMILES string of the molecule is C=C(c1nc2c(nc1-c1ccccc1)sc1c3ccccc3c3ccccc3c21)c1c(-c2ccccc2C)c2ccccc2c2c1oc1ccc3ccccc3c12. The van der Waals surface area contributed by atoms with Crippen LogP contribution in [0.3, 0.4) is 0 Å². The van der Waals surface area contributed by atoms with Gasteiger partial charge in [-0.2, -0.15) is 0 Å². The molecule has 0 fully saturated rings. The highest BCUT2D eigenvalue weighted by Gasteiger charge is 2.28. The first-order valence-corrected chi connectivity index (χ1v) is 20.1. The van der Waals surface area contributed by atoms with Crippen LogP contribution in [0.1, 0.15) is 16.8 Å². The van der Waals surface area contributed by atoms with E-state index in [4.69, 9.17) is 21.0 Å². The van der Waals surface area contributed by atoms with E-state index in [-0.39, 0.29) is 0 Å². The Kier molecular flexibility index (Phi) is 6.87. The Morgan fingerprint density at radius 1 is 0.544 bits per heavy atom. The van der Waals surface area contributed by atoms with E-state index in [9.17, 15) is 0 Å². The third-order valence-electron chi connectivity index (χ3n) is 11.8. The van der Waals surface area contributed by atoms with E-state index in [0.717, 1.165) is 93.0 Å². The third kappa shape index (κ3) is 4.59. The van der Waals surface area contributed by atoms with E-state index in [2.05, 4.69) is 165 Å². The summed E-state index contributed by atoms with van der Waals surface area (Å²) in [5, 5.41) is 12.8. The number of nitrogens with zero attached hydrogens (tertiary/aromatic N) is 2. The molecule has 0 aliphatic rings. The van der Waals surface area contributed by atoms with Crippen molar-refractivity contribution in [1.82, 2.24) is 9.97 Å². The summed E-state index contributed by atoms with van der Waals surface area (Å²) in [6.07, 6.45) is 0. The minimum atomic E-state index is 0.738. The fourth-order valence-electron chi connectivity index (χ4n) is 9.22. The van der Waals surface area contributed by atoms with Gasteiger partial charge in [0.25, 0.3) is 0 Å². The number of furan rings is 1. The highest BCUT2D eigenvalue weighted by Crippen LogP contribution is 2.50. The molecule has 0 bridgehead atoms. The van der Waals surface area contributed by atoms with Gasteiger partial charge >= 0.3 is 0 Å².